The molecule has 3 aromatic rings. The molecule has 0 amide bonds. The van der Waals surface area contributed by atoms with Crippen molar-refractivity contribution < 1.29 is 9.94 Å². The molecule has 0 aliphatic heterocycles. The Labute approximate surface area is 121 Å². The van der Waals surface area contributed by atoms with Crippen molar-refractivity contribution in [1.82, 2.24) is 4.98 Å². The number of oxime groups is 1. The average Bonchev–Trinajstić information content (AvgIpc) is 2.55. The van der Waals surface area contributed by atoms with Gasteiger partial charge in [-0.25, -0.2) is 0 Å². The van der Waals surface area contributed by atoms with Gasteiger partial charge in [-0.05, 0) is 36.4 Å². The van der Waals surface area contributed by atoms with E-state index in [0.717, 1.165) is 10.9 Å². The van der Waals surface area contributed by atoms with Crippen molar-refractivity contribution in [3.05, 3.63) is 66.4 Å². The van der Waals surface area contributed by atoms with E-state index in [9.17, 15) is 0 Å². The predicted molar refractivity (Wildman–Crippen MR) is 80.8 cm³/mol. The highest BCUT2D eigenvalue weighted by atomic mass is 16.5. The Balaban J connectivity index is 1.84. The molecule has 104 valence electrons. The van der Waals surface area contributed by atoms with Gasteiger partial charge in [-0.15, -0.1) is 0 Å². The van der Waals surface area contributed by atoms with Gasteiger partial charge in [-0.2, -0.15) is 0 Å². The maximum Gasteiger partial charge on any atom is 0.170 e. The third kappa shape index (κ3) is 2.76. The number of aromatic nitrogens is 1. The standard InChI is InChI=1S/C16H13N3O2/c17-16(19-20)11-5-7-13(8-6-11)21-14-9-12-3-1-2-4-15(12)18-10-14/h1-10,20H,(H2,17,19). The first-order valence-electron chi connectivity index (χ1n) is 6.37. The molecule has 3 rings (SSSR count). The summed E-state index contributed by atoms with van der Waals surface area (Å²) in [5, 5.41) is 12.6. The highest BCUT2D eigenvalue weighted by Gasteiger charge is 2.02. The van der Waals surface area contributed by atoms with E-state index in [0.29, 0.717) is 17.1 Å². The summed E-state index contributed by atoms with van der Waals surface area (Å²) in [6.45, 7) is 0. The van der Waals surface area contributed by atoms with Crippen LogP contribution in [0.4, 0.5) is 0 Å². The molecule has 1 aromatic heterocycles. The Morgan fingerprint density at radius 3 is 2.57 bits per heavy atom. The molecule has 5 nitrogen and oxygen atoms in total. The highest BCUT2D eigenvalue weighted by molar-refractivity contribution is 5.97. The van der Waals surface area contributed by atoms with Crippen LogP contribution in [0.2, 0.25) is 0 Å². The zero-order chi connectivity index (χ0) is 14.7. The number of nitrogens with zero attached hydrogens (tertiary/aromatic N) is 2. The molecule has 3 N–H and O–H groups in total. The molecule has 0 aliphatic carbocycles. The number of hydrogen-bond acceptors (Lipinski definition) is 4. The molecular weight excluding hydrogens is 266 g/mol. The first kappa shape index (κ1) is 12.9. The molecule has 0 atom stereocenters. The lowest BCUT2D eigenvalue weighted by molar-refractivity contribution is 0.318. The first-order valence-corrected chi connectivity index (χ1v) is 6.37. The summed E-state index contributed by atoms with van der Waals surface area (Å²) in [6, 6.07) is 16.7. The quantitative estimate of drug-likeness (QED) is 0.334. The third-order valence-electron chi connectivity index (χ3n) is 3.06. The van der Waals surface area contributed by atoms with Crippen LogP contribution in [-0.4, -0.2) is 16.0 Å². The molecule has 21 heavy (non-hydrogen) atoms. The van der Waals surface area contributed by atoms with Crippen LogP contribution in [0.25, 0.3) is 10.9 Å². The van der Waals surface area contributed by atoms with Crippen molar-refractivity contribution in [3.63, 3.8) is 0 Å². The van der Waals surface area contributed by atoms with Crippen LogP contribution in [0, 0.1) is 0 Å². The van der Waals surface area contributed by atoms with E-state index in [1.54, 1.807) is 30.5 Å². The number of rotatable bonds is 3. The number of ether oxygens (including phenoxy) is 1. The molecule has 0 saturated heterocycles. The number of para-hydroxylation sites is 1. The highest BCUT2D eigenvalue weighted by Crippen LogP contribution is 2.24. The van der Waals surface area contributed by atoms with Gasteiger partial charge in [0.25, 0.3) is 0 Å². The molecule has 0 unspecified atom stereocenters. The van der Waals surface area contributed by atoms with Crippen LogP contribution in [0.5, 0.6) is 11.5 Å². The Hall–Kier alpha value is -3.08. The van der Waals surface area contributed by atoms with Gasteiger partial charge >= 0.3 is 0 Å². The molecule has 0 saturated carbocycles. The molecular formula is C16H13N3O2. The third-order valence-corrected chi connectivity index (χ3v) is 3.06. The molecule has 2 aromatic carbocycles. The number of pyridine rings is 1. The van der Waals surface area contributed by atoms with Crippen molar-refractivity contribution in [2.24, 2.45) is 10.9 Å². The zero-order valence-corrected chi connectivity index (χ0v) is 11.1. The second-order valence-corrected chi connectivity index (χ2v) is 4.48. The molecule has 0 spiro atoms. The molecule has 1 heterocycles. The van der Waals surface area contributed by atoms with Crippen LogP contribution >= 0.6 is 0 Å². The van der Waals surface area contributed by atoms with Crippen LogP contribution in [0.15, 0.2) is 65.9 Å². The van der Waals surface area contributed by atoms with Crippen molar-refractivity contribution in [3.8, 4) is 11.5 Å². The van der Waals surface area contributed by atoms with Gasteiger partial charge < -0.3 is 15.7 Å². The summed E-state index contributed by atoms with van der Waals surface area (Å²) < 4.78 is 5.75. The van der Waals surface area contributed by atoms with Gasteiger partial charge in [0.05, 0.1) is 11.7 Å². The van der Waals surface area contributed by atoms with Crippen LogP contribution in [0.1, 0.15) is 5.56 Å². The zero-order valence-electron chi connectivity index (χ0n) is 11.1. The van der Waals surface area contributed by atoms with Crippen LogP contribution < -0.4 is 10.5 Å². The largest absolute Gasteiger partial charge is 0.456 e. The number of nitrogens with two attached hydrogens (primary N) is 1. The van der Waals surface area contributed by atoms with Gasteiger partial charge in [0, 0.05) is 10.9 Å². The van der Waals surface area contributed by atoms with Crippen molar-refractivity contribution in [2.75, 3.05) is 0 Å². The first-order chi connectivity index (χ1) is 10.3. The van der Waals surface area contributed by atoms with Crippen LogP contribution in [-0.2, 0) is 0 Å². The lowest BCUT2D eigenvalue weighted by Gasteiger charge is -2.07. The minimum absolute atomic E-state index is 0.0638. The van der Waals surface area contributed by atoms with E-state index in [1.807, 2.05) is 30.3 Å². The van der Waals surface area contributed by atoms with Gasteiger partial charge in [-0.1, -0.05) is 23.4 Å². The van der Waals surface area contributed by atoms with Gasteiger partial charge in [0.15, 0.2) is 5.84 Å². The number of amidine groups is 1. The second-order valence-electron chi connectivity index (χ2n) is 4.48. The van der Waals surface area contributed by atoms with E-state index in [1.165, 1.54) is 0 Å². The minimum atomic E-state index is 0.0638. The van der Waals surface area contributed by atoms with E-state index >= 15 is 0 Å². The van der Waals surface area contributed by atoms with Crippen molar-refractivity contribution in [2.45, 2.75) is 0 Å². The maximum atomic E-state index is 8.62. The SMILES string of the molecule is N/C(=N/O)c1ccc(Oc2cnc3ccccc3c2)cc1. The Morgan fingerprint density at radius 2 is 1.81 bits per heavy atom. The minimum Gasteiger partial charge on any atom is -0.456 e. The fourth-order valence-corrected chi connectivity index (χ4v) is 1.99. The normalized spacial score (nSPS) is 11.5. The molecule has 0 bridgehead atoms. The molecule has 0 aliphatic rings. The fourth-order valence-electron chi connectivity index (χ4n) is 1.99. The lowest BCUT2D eigenvalue weighted by atomic mass is 10.2. The molecule has 5 heteroatoms. The number of benzene rings is 2. The Morgan fingerprint density at radius 1 is 1.05 bits per heavy atom. The predicted octanol–water partition coefficient (Wildman–Crippen LogP) is 3.12. The van der Waals surface area contributed by atoms with E-state index in [4.69, 9.17) is 15.7 Å². The summed E-state index contributed by atoms with van der Waals surface area (Å²) in [5.74, 6) is 1.38. The lowest BCUT2D eigenvalue weighted by Crippen LogP contribution is -2.12. The topological polar surface area (TPSA) is 80.7 Å². The Kier molecular flexibility index (Phi) is 3.39. The van der Waals surface area contributed by atoms with E-state index in [2.05, 4.69) is 10.1 Å². The summed E-state index contributed by atoms with van der Waals surface area (Å²) in [4.78, 5) is 4.34. The molecule has 0 fully saturated rings. The van der Waals surface area contributed by atoms with Gasteiger partial charge in [0.2, 0.25) is 0 Å². The summed E-state index contributed by atoms with van der Waals surface area (Å²) in [6.07, 6.45) is 1.68. The maximum absolute atomic E-state index is 8.62. The summed E-state index contributed by atoms with van der Waals surface area (Å²) in [7, 11) is 0. The van der Waals surface area contributed by atoms with Gasteiger partial charge in [-0.3, -0.25) is 4.98 Å². The fraction of sp³-hybridized carbons (Fsp3) is 0. The van der Waals surface area contributed by atoms with Gasteiger partial charge in [0.1, 0.15) is 11.5 Å². The van der Waals surface area contributed by atoms with E-state index in [-0.39, 0.29) is 5.84 Å². The Bertz CT molecular complexity index is 798. The van der Waals surface area contributed by atoms with E-state index < -0.39 is 0 Å². The average molecular weight is 279 g/mol. The monoisotopic (exact) mass is 279 g/mol. The van der Waals surface area contributed by atoms with Crippen molar-refractivity contribution >= 4 is 16.7 Å². The summed E-state index contributed by atoms with van der Waals surface area (Å²) >= 11 is 0. The molecule has 0 radical (unpaired) electrons. The number of fused-ring (bicyclic) bond motifs is 1. The smallest absolute Gasteiger partial charge is 0.170 e. The van der Waals surface area contributed by atoms with Crippen LogP contribution in [0.3, 0.4) is 0 Å². The second kappa shape index (κ2) is 5.50. The summed E-state index contributed by atoms with van der Waals surface area (Å²) in [5.41, 5.74) is 7.06. The van der Waals surface area contributed by atoms with Crippen molar-refractivity contribution in [1.29, 1.82) is 0 Å². The number of hydrogen-bond donors (Lipinski definition) is 2.